The molecule has 0 fully saturated rings. The van der Waals surface area contributed by atoms with Gasteiger partial charge in [-0.05, 0) is 30.2 Å². The molecule has 1 aromatic carbocycles. The molecule has 0 bridgehead atoms. The van der Waals surface area contributed by atoms with Crippen LogP contribution in [0.25, 0.3) is 0 Å². The topological polar surface area (TPSA) is 67.2 Å². The summed E-state index contributed by atoms with van der Waals surface area (Å²) < 4.78 is 1.90. The molecular formula is C14H17N3O2. The summed E-state index contributed by atoms with van der Waals surface area (Å²) in [6, 6.07) is 6.90. The largest absolute Gasteiger partial charge is 0.478 e. The zero-order valence-corrected chi connectivity index (χ0v) is 10.8. The Kier molecular flexibility index (Phi) is 4.30. The maximum Gasteiger partial charge on any atom is 0.335 e. The molecule has 19 heavy (non-hydrogen) atoms. The van der Waals surface area contributed by atoms with Crippen molar-refractivity contribution in [1.29, 1.82) is 0 Å². The molecule has 1 aromatic heterocycles. The average molecular weight is 259 g/mol. The fraction of sp³-hybridized carbons (Fsp3) is 0.286. The molecule has 0 saturated heterocycles. The van der Waals surface area contributed by atoms with Crippen LogP contribution < -0.4 is 5.32 Å². The van der Waals surface area contributed by atoms with Crippen LogP contribution in [0.2, 0.25) is 0 Å². The van der Waals surface area contributed by atoms with Gasteiger partial charge in [0.1, 0.15) is 0 Å². The van der Waals surface area contributed by atoms with Crippen LogP contribution in [0.4, 0.5) is 0 Å². The minimum atomic E-state index is -0.895. The molecule has 2 rings (SSSR count). The number of rotatable bonds is 6. The van der Waals surface area contributed by atoms with Gasteiger partial charge >= 0.3 is 5.97 Å². The molecule has 0 amide bonds. The van der Waals surface area contributed by atoms with Gasteiger partial charge in [0.15, 0.2) is 0 Å². The smallest absolute Gasteiger partial charge is 0.335 e. The van der Waals surface area contributed by atoms with Crippen molar-refractivity contribution in [3.05, 3.63) is 53.3 Å². The lowest BCUT2D eigenvalue weighted by Gasteiger charge is -2.05. The normalized spacial score (nSPS) is 10.6. The standard InChI is InChI=1S/C14H17N3O2/c1-11-8-16-17(10-11)7-6-15-9-12-2-4-13(5-3-12)14(18)19/h2-5,8,10,15H,6-7,9H2,1H3,(H,18,19). The molecule has 0 aliphatic carbocycles. The summed E-state index contributed by atoms with van der Waals surface area (Å²) in [7, 11) is 0. The van der Waals surface area contributed by atoms with Gasteiger partial charge in [0.2, 0.25) is 0 Å². The fourth-order valence-corrected chi connectivity index (χ4v) is 1.78. The van der Waals surface area contributed by atoms with E-state index in [0.717, 1.165) is 30.8 Å². The molecule has 0 atom stereocenters. The Balaban J connectivity index is 1.75. The number of aromatic carboxylic acids is 1. The lowest BCUT2D eigenvalue weighted by Crippen LogP contribution is -2.19. The van der Waals surface area contributed by atoms with Crippen molar-refractivity contribution in [3.8, 4) is 0 Å². The SMILES string of the molecule is Cc1cnn(CCNCc2ccc(C(=O)O)cc2)c1. The first kappa shape index (κ1) is 13.3. The van der Waals surface area contributed by atoms with E-state index in [9.17, 15) is 4.79 Å². The summed E-state index contributed by atoms with van der Waals surface area (Å²) in [4.78, 5) is 10.7. The Hall–Kier alpha value is -2.14. The second-order valence-electron chi connectivity index (χ2n) is 4.46. The van der Waals surface area contributed by atoms with E-state index in [4.69, 9.17) is 5.11 Å². The molecule has 2 aromatic rings. The van der Waals surface area contributed by atoms with E-state index >= 15 is 0 Å². The number of carbonyl (C=O) groups is 1. The highest BCUT2D eigenvalue weighted by molar-refractivity contribution is 5.87. The zero-order valence-electron chi connectivity index (χ0n) is 10.8. The molecule has 0 spiro atoms. The van der Waals surface area contributed by atoms with Gasteiger partial charge in [-0.1, -0.05) is 12.1 Å². The van der Waals surface area contributed by atoms with E-state index in [-0.39, 0.29) is 0 Å². The predicted octanol–water partition coefficient (Wildman–Crippen LogP) is 1.68. The van der Waals surface area contributed by atoms with Crippen LogP contribution in [0.3, 0.4) is 0 Å². The highest BCUT2D eigenvalue weighted by Crippen LogP contribution is 2.04. The Morgan fingerprint density at radius 3 is 2.68 bits per heavy atom. The van der Waals surface area contributed by atoms with Gasteiger partial charge in [-0.25, -0.2) is 4.79 Å². The molecule has 0 aliphatic heterocycles. The second kappa shape index (κ2) is 6.15. The van der Waals surface area contributed by atoms with Crippen LogP contribution in [-0.2, 0) is 13.1 Å². The number of carboxylic acids is 1. The highest BCUT2D eigenvalue weighted by atomic mass is 16.4. The van der Waals surface area contributed by atoms with Gasteiger partial charge < -0.3 is 10.4 Å². The first-order valence-electron chi connectivity index (χ1n) is 6.17. The summed E-state index contributed by atoms with van der Waals surface area (Å²) in [6.45, 7) is 4.38. The summed E-state index contributed by atoms with van der Waals surface area (Å²) in [5.74, 6) is -0.895. The predicted molar refractivity (Wildman–Crippen MR) is 72.1 cm³/mol. The lowest BCUT2D eigenvalue weighted by atomic mass is 10.1. The third kappa shape index (κ3) is 3.93. The number of hydrogen-bond donors (Lipinski definition) is 2. The minimum Gasteiger partial charge on any atom is -0.478 e. The van der Waals surface area contributed by atoms with Crippen molar-refractivity contribution in [2.24, 2.45) is 0 Å². The van der Waals surface area contributed by atoms with Gasteiger partial charge in [-0.3, -0.25) is 4.68 Å². The number of aryl methyl sites for hydroxylation is 1. The molecule has 1 heterocycles. The van der Waals surface area contributed by atoms with E-state index in [0.29, 0.717) is 5.56 Å². The number of aromatic nitrogens is 2. The lowest BCUT2D eigenvalue weighted by molar-refractivity contribution is 0.0697. The van der Waals surface area contributed by atoms with Crippen LogP contribution in [-0.4, -0.2) is 27.4 Å². The molecule has 0 radical (unpaired) electrons. The van der Waals surface area contributed by atoms with Gasteiger partial charge in [0.25, 0.3) is 0 Å². The summed E-state index contributed by atoms with van der Waals surface area (Å²) >= 11 is 0. The van der Waals surface area contributed by atoms with E-state index in [1.165, 1.54) is 0 Å². The van der Waals surface area contributed by atoms with Crippen molar-refractivity contribution < 1.29 is 9.90 Å². The molecular weight excluding hydrogens is 242 g/mol. The Morgan fingerprint density at radius 2 is 2.11 bits per heavy atom. The van der Waals surface area contributed by atoms with E-state index in [1.807, 2.05) is 36.1 Å². The highest BCUT2D eigenvalue weighted by Gasteiger charge is 2.01. The Labute approximate surface area is 111 Å². The maximum atomic E-state index is 10.7. The van der Waals surface area contributed by atoms with Crippen molar-refractivity contribution in [2.75, 3.05) is 6.54 Å². The number of benzene rings is 1. The van der Waals surface area contributed by atoms with Gasteiger partial charge in [-0.15, -0.1) is 0 Å². The van der Waals surface area contributed by atoms with E-state index < -0.39 is 5.97 Å². The Morgan fingerprint density at radius 1 is 1.37 bits per heavy atom. The summed E-state index contributed by atoms with van der Waals surface area (Å²) in [5, 5.41) is 16.3. The first-order chi connectivity index (χ1) is 9.15. The van der Waals surface area contributed by atoms with Crippen molar-refractivity contribution >= 4 is 5.97 Å². The summed E-state index contributed by atoms with van der Waals surface area (Å²) in [6.07, 6.45) is 3.84. The van der Waals surface area contributed by atoms with Crippen molar-refractivity contribution in [2.45, 2.75) is 20.0 Å². The summed E-state index contributed by atoms with van der Waals surface area (Å²) in [5.41, 5.74) is 2.54. The zero-order chi connectivity index (χ0) is 13.7. The Bertz CT molecular complexity index is 546. The van der Waals surface area contributed by atoms with Crippen LogP contribution in [0.15, 0.2) is 36.7 Å². The van der Waals surface area contributed by atoms with Crippen LogP contribution in [0.5, 0.6) is 0 Å². The number of nitrogens with one attached hydrogen (secondary N) is 1. The maximum absolute atomic E-state index is 10.7. The molecule has 0 aliphatic rings. The van der Waals surface area contributed by atoms with Crippen molar-refractivity contribution in [3.63, 3.8) is 0 Å². The quantitative estimate of drug-likeness (QED) is 0.774. The first-order valence-corrected chi connectivity index (χ1v) is 6.17. The molecule has 5 heteroatoms. The number of nitrogens with zero attached hydrogens (tertiary/aromatic N) is 2. The van der Waals surface area contributed by atoms with Crippen LogP contribution in [0.1, 0.15) is 21.5 Å². The molecule has 0 saturated carbocycles. The number of carboxylic acid groups (broad SMARTS) is 1. The monoisotopic (exact) mass is 259 g/mol. The minimum absolute atomic E-state index is 0.316. The number of hydrogen-bond acceptors (Lipinski definition) is 3. The molecule has 5 nitrogen and oxygen atoms in total. The van der Waals surface area contributed by atoms with Crippen LogP contribution >= 0.6 is 0 Å². The second-order valence-corrected chi connectivity index (χ2v) is 4.46. The van der Waals surface area contributed by atoms with Crippen molar-refractivity contribution in [1.82, 2.24) is 15.1 Å². The van der Waals surface area contributed by atoms with Gasteiger partial charge in [0, 0.05) is 19.3 Å². The van der Waals surface area contributed by atoms with Crippen LogP contribution in [0, 0.1) is 6.92 Å². The third-order valence-electron chi connectivity index (χ3n) is 2.81. The molecule has 0 unspecified atom stereocenters. The fourth-order valence-electron chi connectivity index (χ4n) is 1.78. The van der Waals surface area contributed by atoms with Gasteiger partial charge in [-0.2, -0.15) is 5.10 Å². The van der Waals surface area contributed by atoms with Gasteiger partial charge in [0.05, 0.1) is 18.3 Å². The molecule has 2 N–H and O–H groups in total. The van der Waals surface area contributed by atoms with E-state index in [2.05, 4.69) is 10.4 Å². The molecule has 100 valence electrons. The average Bonchev–Trinajstić information content (AvgIpc) is 2.81. The van der Waals surface area contributed by atoms with E-state index in [1.54, 1.807) is 12.1 Å². The third-order valence-corrected chi connectivity index (χ3v) is 2.81.